The number of carbonyl (C=O) groups is 1. The first-order chi connectivity index (χ1) is 14.6. The van der Waals surface area contributed by atoms with Crippen molar-refractivity contribution in [1.29, 1.82) is 0 Å². The van der Waals surface area contributed by atoms with Crippen LogP contribution in [0, 0.1) is 6.92 Å². The molecule has 0 aliphatic carbocycles. The third-order valence-electron chi connectivity index (χ3n) is 4.78. The van der Waals surface area contributed by atoms with Gasteiger partial charge in [0.05, 0.1) is 12.8 Å². The van der Waals surface area contributed by atoms with Crippen LogP contribution in [-0.2, 0) is 17.9 Å². The second-order valence-corrected chi connectivity index (χ2v) is 7.01. The van der Waals surface area contributed by atoms with Gasteiger partial charge >= 0.3 is 5.63 Å². The van der Waals surface area contributed by atoms with E-state index in [0.29, 0.717) is 30.2 Å². The van der Waals surface area contributed by atoms with E-state index in [-0.39, 0.29) is 12.5 Å². The number of hydrogen-bond donors (Lipinski definition) is 0. The van der Waals surface area contributed by atoms with Gasteiger partial charge in [0, 0.05) is 24.1 Å². The first-order valence-electron chi connectivity index (χ1n) is 9.60. The summed E-state index contributed by atoms with van der Waals surface area (Å²) in [6, 6.07) is 20.0. The second-order valence-electron chi connectivity index (χ2n) is 7.01. The number of amides is 1. The molecule has 6 heteroatoms. The van der Waals surface area contributed by atoms with Gasteiger partial charge in [0.15, 0.2) is 6.61 Å². The van der Waals surface area contributed by atoms with Crippen LogP contribution in [0.5, 0.6) is 5.75 Å². The standard InChI is InChI=1S/C24H21NO5/c1-17-12-24(27)30-22-13-19(9-10-21(17)22)29-16-23(26)25(15-20-8-5-11-28-20)14-18-6-3-2-4-7-18/h2-13H,14-16H2,1H3. The Morgan fingerprint density at radius 3 is 2.60 bits per heavy atom. The van der Waals surface area contributed by atoms with Crippen LogP contribution in [0.1, 0.15) is 16.9 Å². The van der Waals surface area contributed by atoms with E-state index in [1.165, 1.54) is 6.07 Å². The number of furan rings is 1. The number of ether oxygens (including phenoxy) is 1. The normalized spacial score (nSPS) is 10.8. The van der Waals surface area contributed by atoms with Crippen molar-refractivity contribution in [2.45, 2.75) is 20.0 Å². The highest BCUT2D eigenvalue weighted by molar-refractivity contribution is 5.81. The molecule has 0 fully saturated rings. The molecule has 0 radical (unpaired) electrons. The zero-order valence-electron chi connectivity index (χ0n) is 16.5. The third kappa shape index (κ3) is 4.60. The van der Waals surface area contributed by atoms with Crippen molar-refractivity contribution in [2.24, 2.45) is 0 Å². The van der Waals surface area contributed by atoms with Crippen LogP contribution < -0.4 is 10.4 Å². The maximum absolute atomic E-state index is 12.9. The lowest BCUT2D eigenvalue weighted by Crippen LogP contribution is -2.34. The molecule has 0 N–H and O–H groups in total. The Balaban J connectivity index is 1.49. The van der Waals surface area contributed by atoms with E-state index in [2.05, 4.69) is 0 Å². The van der Waals surface area contributed by atoms with Crippen molar-refractivity contribution < 1.29 is 18.4 Å². The van der Waals surface area contributed by atoms with Crippen LogP contribution in [0.2, 0.25) is 0 Å². The first kappa shape index (κ1) is 19.5. The minimum Gasteiger partial charge on any atom is -0.484 e. The highest BCUT2D eigenvalue weighted by atomic mass is 16.5. The van der Waals surface area contributed by atoms with Gasteiger partial charge in [-0.05, 0) is 42.3 Å². The second kappa shape index (κ2) is 8.69. The molecule has 0 spiro atoms. The maximum atomic E-state index is 12.9. The highest BCUT2D eigenvalue weighted by Crippen LogP contribution is 2.22. The van der Waals surface area contributed by atoms with E-state index in [1.807, 2.05) is 49.4 Å². The number of hydrogen-bond acceptors (Lipinski definition) is 5. The van der Waals surface area contributed by atoms with Gasteiger partial charge in [0.25, 0.3) is 5.91 Å². The first-order valence-corrected chi connectivity index (χ1v) is 9.60. The molecule has 0 saturated heterocycles. The van der Waals surface area contributed by atoms with E-state index in [0.717, 1.165) is 16.5 Å². The van der Waals surface area contributed by atoms with Gasteiger partial charge in [-0.2, -0.15) is 0 Å². The van der Waals surface area contributed by atoms with Crippen LogP contribution in [0.4, 0.5) is 0 Å². The Morgan fingerprint density at radius 2 is 1.83 bits per heavy atom. The quantitative estimate of drug-likeness (QED) is 0.430. The molecular weight excluding hydrogens is 382 g/mol. The summed E-state index contributed by atoms with van der Waals surface area (Å²) in [5.41, 5.74) is 1.86. The Hall–Kier alpha value is -3.80. The zero-order chi connectivity index (χ0) is 20.9. The van der Waals surface area contributed by atoms with E-state index in [9.17, 15) is 9.59 Å². The molecule has 6 nitrogen and oxygen atoms in total. The summed E-state index contributed by atoms with van der Waals surface area (Å²) in [5, 5.41) is 0.830. The van der Waals surface area contributed by atoms with Crippen LogP contribution >= 0.6 is 0 Å². The Bertz CT molecular complexity index is 1200. The number of fused-ring (bicyclic) bond motifs is 1. The predicted octanol–water partition coefficient (Wildman–Crippen LogP) is 4.30. The molecule has 2 aromatic carbocycles. The molecule has 0 aliphatic rings. The number of nitrogens with zero attached hydrogens (tertiary/aromatic N) is 1. The van der Waals surface area contributed by atoms with Crippen molar-refractivity contribution in [3.63, 3.8) is 0 Å². The maximum Gasteiger partial charge on any atom is 0.336 e. The van der Waals surface area contributed by atoms with E-state index >= 15 is 0 Å². The van der Waals surface area contributed by atoms with Crippen LogP contribution in [0.15, 0.2) is 86.6 Å². The lowest BCUT2D eigenvalue weighted by Gasteiger charge is -2.22. The van der Waals surface area contributed by atoms with Gasteiger partial charge in [0.2, 0.25) is 0 Å². The fourth-order valence-corrected chi connectivity index (χ4v) is 3.26. The summed E-state index contributed by atoms with van der Waals surface area (Å²) >= 11 is 0. The number of benzene rings is 2. The topological polar surface area (TPSA) is 72.9 Å². The molecule has 0 bridgehead atoms. The van der Waals surface area contributed by atoms with Crippen molar-refractivity contribution in [1.82, 2.24) is 4.90 Å². The van der Waals surface area contributed by atoms with Gasteiger partial charge in [-0.1, -0.05) is 30.3 Å². The number of carbonyl (C=O) groups excluding carboxylic acids is 1. The van der Waals surface area contributed by atoms with Crippen LogP contribution in [0.3, 0.4) is 0 Å². The van der Waals surface area contributed by atoms with E-state index in [4.69, 9.17) is 13.6 Å². The molecule has 4 rings (SSSR count). The summed E-state index contributed by atoms with van der Waals surface area (Å²) < 4.78 is 16.4. The lowest BCUT2D eigenvalue weighted by atomic mass is 10.1. The molecule has 152 valence electrons. The van der Waals surface area contributed by atoms with Crippen molar-refractivity contribution >= 4 is 16.9 Å². The molecule has 0 aliphatic heterocycles. The molecule has 2 heterocycles. The monoisotopic (exact) mass is 403 g/mol. The predicted molar refractivity (Wildman–Crippen MR) is 112 cm³/mol. The molecule has 0 atom stereocenters. The molecule has 0 unspecified atom stereocenters. The summed E-state index contributed by atoms with van der Waals surface area (Å²) in [7, 11) is 0. The minimum atomic E-state index is -0.416. The fourth-order valence-electron chi connectivity index (χ4n) is 3.26. The van der Waals surface area contributed by atoms with Gasteiger partial charge in [-0.15, -0.1) is 0 Å². The lowest BCUT2D eigenvalue weighted by molar-refractivity contribution is -0.134. The molecule has 30 heavy (non-hydrogen) atoms. The summed E-state index contributed by atoms with van der Waals surface area (Å²) in [6.45, 7) is 2.49. The zero-order valence-corrected chi connectivity index (χ0v) is 16.5. The van der Waals surface area contributed by atoms with Crippen LogP contribution in [0.25, 0.3) is 11.0 Å². The molecule has 4 aromatic rings. The summed E-state index contributed by atoms with van der Waals surface area (Å²) in [6.07, 6.45) is 1.59. The largest absolute Gasteiger partial charge is 0.484 e. The fraction of sp³-hybridized carbons (Fsp3) is 0.167. The average Bonchev–Trinajstić information content (AvgIpc) is 3.25. The van der Waals surface area contributed by atoms with Gasteiger partial charge in [-0.25, -0.2) is 4.79 Å². The average molecular weight is 403 g/mol. The van der Waals surface area contributed by atoms with Crippen LogP contribution in [-0.4, -0.2) is 17.4 Å². The van der Waals surface area contributed by atoms with E-state index < -0.39 is 5.63 Å². The Labute approximate surface area is 173 Å². The van der Waals surface area contributed by atoms with Crippen molar-refractivity contribution in [3.8, 4) is 5.75 Å². The van der Waals surface area contributed by atoms with Gasteiger partial charge in [0.1, 0.15) is 17.1 Å². The summed E-state index contributed by atoms with van der Waals surface area (Å²) in [4.78, 5) is 26.2. The minimum absolute atomic E-state index is 0.144. The third-order valence-corrected chi connectivity index (χ3v) is 4.78. The highest BCUT2D eigenvalue weighted by Gasteiger charge is 2.17. The Kier molecular flexibility index (Phi) is 5.66. The number of rotatable bonds is 7. The molecular formula is C24H21NO5. The van der Waals surface area contributed by atoms with Crippen molar-refractivity contribution in [2.75, 3.05) is 6.61 Å². The Morgan fingerprint density at radius 1 is 1.00 bits per heavy atom. The SMILES string of the molecule is Cc1cc(=O)oc2cc(OCC(=O)N(Cc3ccccc3)Cc3ccco3)ccc12. The molecule has 0 saturated carbocycles. The van der Waals surface area contributed by atoms with E-state index in [1.54, 1.807) is 29.4 Å². The summed E-state index contributed by atoms with van der Waals surface area (Å²) in [5.74, 6) is 0.977. The number of aryl methyl sites for hydroxylation is 1. The van der Waals surface area contributed by atoms with Gasteiger partial charge < -0.3 is 18.5 Å². The van der Waals surface area contributed by atoms with Crippen molar-refractivity contribution in [3.05, 3.63) is 100 Å². The molecule has 2 aromatic heterocycles. The van der Waals surface area contributed by atoms with Gasteiger partial charge in [-0.3, -0.25) is 4.79 Å². The smallest absolute Gasteiger partial charge is 0.336 e. The molecule has 1 amide bonds.